The van der Waals surface area contributed by atoms with Crippen LogP contribution in [0.2, 0.25) is 0 Å². The highest BCUT2D eigenvalue weighted by Gasteiger charge is 2.20. The van der Waals surface area contributed by atoms with Gasteiger partial charge in [-0.3, -0.25) is 0 Å². The number of aliphatic hydroxyl groups excluding tert-OH is 1. The molecule has 0 amide bonds. The average molecular weight is 402 g/mol. The number of rotatable bonds is 2. The maximum Gasteiger partial charge on any atom is 0.139 e. The highest BCUT2D eigenvalue weighted by molar-refractivity contribution is 9.12. The van der Waals surface area contributed by atoms with E-state index in [0.29, 0.717) is 5.76 Å². The fraction of sp³-hybridized carbons (Fsp3) is 0.143. The Hall–Kier alpha value is -0.620. The van der Waals surface area contributed by atoms with Gasteiger partial charge in [-0.2, -0.15) is 0 Å². The Balaban J connectivity index is 2.09. The Bertz CT molecular complexity index is 745. The van der Waals surface area contributed by atoms with Crippen molar-refractivity contribution in [3.05, 3.63) is 54.8 Å². The van der Waals surface area contributed by atoms with E-state index in [-0.39, 0.29) is 0 Å². The number of thiophene rings is 1. The maximum atomic E-state index is 10.4. The van der Waals surface area contributed by atoms with Gasteiger partial charge in [0, 0.05) is 10.9 Å². The van der Waals surface area contributed by atoms with Crippen LogP contribution in [0.1, 0.15) is 23.0 Å². The maximum absolute atomic E-state index is 10.4. The molecule has 0 radical (unpaired) electrons. The van der Waals surface area contributed by atoms with Crippen LogP contribution in [0.15, 0.2) is 42.3 Å². The molecule has 1 unspecified atom stereocenters. The number of hydrogen-bond donors (Lipinski definition) is 1. The first-order chi connectivity index (χ1) is 9.06. The third-order valence-corrected chi connectivity index (χ3v) is 5.39. The molecule has 2 heterocycles. The molecule has 0 saturated heterocycles. The van der Waals surface area contributed by atoms with Crippen LogP contribution in [0.25, 0.3) is 11.0 Å². The molecule has 5 heteroatoms. The number of aliphatic hydroxyl groups is 1. The molecule has 0 aliphatic carbocycles. The van der Waals surface area contributed by atoms with Gasteiger partial charge in [-0.1, -0.05) is 18.2 Å². The quantitative estimate of drug-likeness (QED) is 0.622. The zero-order valence-electron chi connectivity index (χ0n) is 9.98. The fourth-order valence-corrected chi connectivity index (χ4v) is 4.94. The summed E-state index contributed by atoms with van der Waals surface area (Å²) in [6.07, 6.45) is -0.760. The summed E-state index contributed by atoms with van der Waals surface area (Å²) in [5, 5.41) is 11.5. The van der Waals surface area contributed by atoms with Crippen molar-refractivity contribution >= 4 is 54.2 Å². The number of furan rings is 1. The van der Waals surface area contributed by atoms with Crippen LogP contribution >= 0.6 is 43.2 Å². The molecule has 1 atom stereocenters. The monoisotopic (exact) mass is 400 g/mol. The second-order valence-electron chi connectivity index (χ2n) is 4.32. The molecule has 0 saturated carbocycles. The summed E-state index contributed by atoms with van der Waals surface area (Å²) in [5.41, 5.74) is 2.72. The standard InChI is InChI=1S/C14H10Br2O2S/c1-7-3-2-4-8-5-10(18-13(7)8)12(17)9-6-11(15)19-14(9)16/h2-6,12,17H,1H3. The van der Waals surface area contributed by atoms with Crippen molar-refractivity contribution in [2.75, 3.05) is 0 Å². The van der Waals surface area contributed by atoms with Crippen LogP contribution in [0, 0.1) is 6.92 Å². The molecule has 0 bridgehead atoms. The Morgan fingerprint density at radius 3 is 2.68 bits per heavy atom. The number of fused-ring (bicyclic) bond motifs is 1. The molecule has 0 fully saturated rings. The fourth-order valence-electron chi connectivity index (χ4n) is 2.06. The second-order valence-corrected chi connectivity index (χ2v) is 8.07. The Morgan fingerprint density at radius 1 is 1.26 bits per heavy atom. The zero-order valence-corrected chi connectivity index (χ0v) is 14.0. The SMILES string of the molecule is Cc1cccc2cc(C(O)c3cc(Br)sc3Br)oc12. The Kier molecular flexibility index (Phi) is 3.55. The van der Waals surface area contributed by atoms with E-state index in [1.54, 1.807) is 0 Å². The van der Waals surface area contributed by atoms with E-state index in [4.69, 9.17) is 4.42 Å². The van der Waals surface area contributed by atoms with Crippen molar-refractivity contribution in [1.29, 1.82) is 0 Å². The summed E-state index contributed by atoms with van der Waals surface area (Å²) < 4.78 is 7.68. The van der Waals surface area contributed by atoms with Crippen LogP contribution in [0.4, 0.5) is 0 Å². The number of hydrogen-bond acceptors (Lipinski definition) is 3. The number of halogens is 2. The van der Waals surface area contributed by atoms with Gasteiger partial charge in [0.1, 0.15) is 17.4 Å². The van der Waals surface area contributed by atoms with Gasteiger partial charge in [-0.15, -0.1) is 11.3 Å². The van der Waals surface area contributed by atoms with Gasteiger partial charge in [0.2, 0.25) is 0 Å². The molecule has 0 aliphatic heterocycles. The minimum absolute atomic E-state index is 0.565. The first kappa shape index (κ1) is 13.4. The highest BCUT2D eigenvalue weighted by atomic mass is 79.9. The van der Waals surface area contributed by atoms with Crippen LogP contribution in [0.5, 0.6) is 0 Å². The van der Waals surface area contributed by atoms with Gasteiger partial charge in [-0.25, -0.2) is 0 Å². The van der Waals surface area contributed by atoms with Crippen molar-refractivity contribution in [2.45, 2.75) is 13.0 Å². The number of aryl methyl sites for hydroxylation is 1. The summed E-state index contributed by atoms with van der Waals surface area (Å²) in [6.45, 7) is 2.00. The third-order valence-electron chi connectivity index (χ3n) is 3.01. The molecule has 0 aliphatic rings. The lowest BCUT2D eigenvalue weighted by molar-refractivity contribution is 0.192. The summed E-state index contributed by atoms with van der Waals surface area (Å²) >= 11 is 8.41. The zero-order chi connectivity index (χ0) is 13.6. The van der Waals surface area contributed by atoms with E-state index in [9.17, 15) is 5.11 Å². The van der Waals surface area contributed by atoms with Crippen molar-refractivity contribution in [3.8, 4) is 0 Å². The summed E-state index contributed by atoms with van der Waals surface area (Å²) in [4.78, 5) is 0. The van der Waals surface area contributed by atoms with Crippen LogP contribution in [-0.2, 0) is 0 Å². The lowest BCUT2D eigenvalue weighted by atomic mass is 10.1. The summed E-state index contributed by atoms with van der Waals surface area (Å²) in [7, 11) is 0. The average Bonchev–Trinajstić information content (AvgIpc) is 2.93. The minimum Gasteiger partial charge on any atom is -0.458 e. The molecular formula is C14H10Br2O2S. The number of para-hydroxylation sites is 1. The lowest BCUT2D eigenvalue weighted by Gasteiger charge is -2.05. The van der Waals surface area contributed by atoms with Crippen LogP contribution in [-0.4, -0.2) is 5.11 Å². The van der Waals surface area contributed by atoms with Crippen LogP contribution < -0.4 is 0 Å². The first-order valence-corrected chi connectivity index (χ1v) is 8.08. The molecule has 0 spiro atoms. The molecule has 98 valence electrons. The van der Waals surface area contributed by atoms with E-state index < -0.39 is 6.10 Å². The normalized spacial score (nSPS) is 13.1. The summed E-state index contributed by atoms with van der Waals surface area (Å²) in [6, 6.07) is 9.77. The van der Waals surface area contributed by atoms with Crippen molar-refractivity contribution in [2.24, 2.45) is 0 Å². The van der Waals surface area contributed by atoms with Gasteiger partial charge >= 0.3 is 0 Å². The van der Waals surface area contributed by atoms with E-state index >= 15 is 0 Å². The van der Waals surface area contributed by atoms with E-state index in [1.165, 1.54) is 11.3 Å². The van der Waals surface area contributed by atoms with Gasteiger partial charge < -0.3 is 9.52 Å². The predicted molar refractivity (Wildman–Crippen MR) is 84.7 cm³/mol. The summed E-state index contributed by atoms with van der Waals surface area (Å²) in [5.74, 6) is 0.565. The molecule has 3 rings (SSSR count). The Morgan fingerprint density at radius 2 is 2.05 bits per heavy atom. The van der Waals surface area contributed by atoms with Gasteiger partial charge in [0.15, 0.2) is 0 Å². The van der Waals surface area contributed by atoms with Crippen molar-refractivity contribution in [3.63, 3.8) is 0 Å². The molecule has 3 aromatic rings. The molecule has 1 N–H and O–H groups in total. The third kappa shape index (κ3) is 2.40. The highest BCUT2D eigenvalue weighted by Crippen LogP contribution is 2.39. The van der Waals surface area contributed by atoms with Crippen molar-refractivity contribution < 1.29 is 9.52 Å². The smallest absolute Gasteiger partial charge is 0.139 e. The molecule has 19 heavy (non-hydrogen) atoms. The molecule has 2 aromatic heterocycles. The molecule has 1 aromatic carbocycles. The van der Waals surface area contributed by atoms with Crippen molar-refractivity contribution in [1.82, 2.24) is 0 Å². The Labute approximate surface area is 131 Å². The van der Waals surface area contributed by atoms with Gasteiger partial charge in [0.25, 0.3) is 0 Å². The molecular weight excluding hydrogens is 392 g/mol. The van der Waals surface area contributed by atoms with Crippen LogP contribution in [0.3, 0.4) is 0 Å². The second kappa shape index (κ2) is 5.05. The minimum atomic E-state index is -0.760. The van der Waals surface area contributed by atoms with Gasteiger partial charge in [-0.05, 0) is 56.5 Å². The molecule has 2 nitrogen and oxygen atoms in total. The van der Waals surface area contributed by atoms with E-state index in [0.717, 1.165) is 29.7 Å². The number of benzene rings is 1. The van der Waals surface area contributed by atoms with E-state index in [1.807, 2.05) is 37.3 Å². The topological polar surface area (TPSA) is 33.4 Å². The lowest BCUT2D eigenvalue weighted by Crippen LogP contribution is -1.96. The van der Waals surface area contributed by atoms with E-state index in [2.05, 4.69) is 31.9 Å². The first-order valence-electron chi connectivity index (χ1n) is 5.68. The largest absolute Gasteiger partial charge is 0.458 e. The van der Waals surface area contributed by atoms with Gasteiger partial charge in [0.05, 0.1) is 7.57 Å². The predicted octanol–water partition coefficient (Wildman–Crippen LogP) is 5.41.